The first-order valence-electron chi connectivity index (χ1n) is 7.63. The van der Waals surface area contributed by atoms with Crippen LogP contribution in [0.5, 0.6) is 0 Å². The van der Waals surface area contributed by atoms with Gasteiger partial charge in [0.05, 0.1) is 11.8 Å². The number of piperidine rings is 1. The molecule has 6 heteroatoms. The molecule has 0 atom stereocenters. The Bertz CT molecular complexity index is 647. The molecule has 0 unspecified atom stereocenters. The van der Waals surface area contributed by atoms with Crippen LogP contribution in [0.25, 0.3) is 0 Å². The summed E-state index contributed by atoms with van der Waals surface area (Å²) in [5.74, 6) is -0.299. The highest BCUT2D eigenvalue weighted by molar-refractivity contribution is 6.31. The third-order valence-corrected chi connectivity index (χ3v) is 4.53. The van der Waals surface area contributed by atoms with E-state index in [1.807, 2.05) is 4.90 Å². The van der Waals surface area contributed by atoms with E-state index in [9.17, 15) is 9.18 Å². The highest BCUT2D eigenvalue weighted by Crippen LogP contribution is 2.20. The SMILES string of the molecule is O=C(c1ccoc1)N1CCC(NCc2c(F)cccc2Cl)CC1. The fourth-order valence-corrected chi connectivity index (χ4v) is 3.03. The minimum Gasteiger partial charge on any atom is -0.472 e. The molecule has 1 aromatic heterocycles. The van der Waals surface area contributed by atoms with Crippen molar-refractivity contribution in [2.45, 2.75) is 25.4 Å². The van der Waals surface area contributed by atoms with Gasteiger partial charge < -0.3 is 14.6 Å². The molecule has 1 aliphatic heterocycles. The number of rotatable bonds is 4. The summed E-state index contributed by atoms with van der Waals surface area (Å²) in [6.45, 7) is 1.74. The van der Waals surface area contributed by atoms with Crippen LogP contribution in [-0.4, -0.2) is 29.9 Å². The van der Waals surface area contributed by atoms with E-state index in [1.54, 1.807) is 18.2 Å². The van der Waals surface area contributed by atoms with Crippen LogP contribution in [0.4, 0.5) is 4.39 Å². The Morgan fingerprint density at radius 1 is 1.35 bits per heavy atom. The Hall–Kier alpha value is -1.85. The van der Waals surface area contributed by atoms with Gasteiger partial charge in [0.25, 0.3) is 5.91 Å². The average Bonchev–Trinajstić information content (AvgIpc) is 3.09. The van der Waals surface area contributed by atoms with Crippen molar-refractivity contribution >= 4 is 17.5 Å². The fraction of sp³-hybridized carbons (Fsp3) is 0.353. The van der Waals surface area contributed by atoms with Crippen molar-refractivity contribution in [1.82, 2.24) is 10.2 Å². The Labute approximate surface area is 139 Å². The van der Waals surface area contributed by atoms with E-state index in [-0.39, 0.29) is 17.8 Å². The molecule has 122 valence electrons. The van der Waals surface area contributed by atoms with E-state index in [1.165, 1.54) is 18.6 Å². The Morgan fingerprint density at radius 3 is 2.78 bits per heavy atom. The second-order valence-electron chi connectivity index (χ2n) is 5.66. The number of halogens is 2. The number of amides is 1. The van der Waals surface area contributed by atoms with Crippen molar-refractivity contribution in [2.24, 2.45) is 0 Å². The van der Waals surface area contributed by atoms with Crippen molar-refractivity contribution in [3.63, 3.8) is 0 Å². The number of nitrogens with one attached hydrogen (secondary N) is 1. The maximum absolute atomic E-state index is 13.7. The van der Waals surface area contributed by atoms with Crippen LogP contribution in [0.3, 0.4) is 0 Å². The largest absolute Gasteiger partial charge is 0.472 e. The van der Waals surface area contributed by atoms with E-state index in [4.69, 9.17) is 16.0 Å². The van der Waals surface area contributed by atoms with Gasteiger partial charge in [0.2, 0.25) is 0 Å². The molecular weight excluding hydrogens is 319 g/mol. The number of carbonyl (C=O) groups is 1. The summed E-state index contributed by atoms with van der Waals surface area (Å²) in [4.78, 5) is 14.0. The molecule has 1 aliphatic rings. The van der Waals surface area contributed by atoms with Crippen LogP contribution < -0.4 is 5.32 Å². The topological polar surface area (TPSA) is 45.5 Å². The number of furan rings is 1. The molecule has 0 bridgehead atoms. The van der Waals surface area contributed by atoms with Gasteiger partial charge in [-0.1, -0.05) is 17.7 Å². The lowest BCUT2D eigenvalue weighted by molar-refractivity contribution is 0.0704. The highest BCUT2D eigenvalue weighted by Gasteiger charge is 2.24. The van der Waals surface area contributed by atoms with Crippen LogP contribution in [0.2, 0.25) is 5.02 Å². The first-order chi connectivity index (χ1) is 11.1. The zero-order valence-electron chi connectivity index (χ0n) is 12.6. The van der Waals surface area contributed by atoms with Crippen LogP contribution in [0, 0.1) is 5.82 Å². The van der Waals surface area contributed by atoms with Gasteiger partial charge in [-0.15, -0.1) is 0 Å². The molecule has 0 saturated carbocycles. The van der Waals surface area contributed by atoms with Gasteiger partial charge in [-0.2, -0.15) is 0 Å². The Balaban J connectivity index is 1.51. The summed E-state index contributed by atoms with van der Waals surface area (Å²) >= 11 is 6.03. The molecule has 1 fully saturated rings. The molecule has 0 spiro atoms. The number of carbonyl (C=O) groups excluding carboxylic acids is 1. The van der Waals surface area contributed by atoms with Gasteiger partial charge in [-0.05, 0) is 31.0 Å². The fourth-order valence-electron chi connectivity index (χ4n) is 2.80. The maximum Gasteiger partial charge on any atom is 0.257 e. The third-order valence-electron chi connectivity index (χ3n) is 4.18. The molecule has 23 heavy (non-hydrogen) atoms. The predicted molar refractivity (Wildman–Crippen MR) is 85.9 cm³/mol. The highest BCUT2D eigenvalue weighted by atomic mass is 35.5. The van der Waals surface area contributed by atoms with E-state index in [2.05, 4.69) is 5.32 Å². The van der Waals surface area contributed by atoms with E-state index < -0.39 is 0 Å². The van der Waals surface area contributed by atoms with Crippen LogP contribution >= 0.6 is 11.6 Å². The Kier molecular flexibility index (Phi) is 4.98. The molecule has 4 nitrogen and oxygen atoms in total. The molecule has 1 saturated heterocycles. The van der Waals surface area contributed by atoms with E-state index in [0.717, 1.165) is 12.8 Å². The minimum absolute atomic E-state index is 0.00523. The molecular formula is C17H18ClFN2O2. The average molecular weight is 337 g/mol. The lowest BCUT2D eigenvalue weighted by Gasteiger charge is -2.32. The number of benzene rings is 1. The van der Waals surface area contributed by atoms with Gasteiger partial charge in [-0.3, -0.25) is 4.79 Å². The summed E-state index contributed by atoms with van der Waals surface area (Å²) in [6.07, 6.45) is 4.62. The van der Waals surface area contributed by atoms with Crippen molar-refractivity contribution in [2.75, 3.05) is 13.1 Å². The number of hydrogen-bond donors (Lipinski definition) is 1. The lowest BCUT2D eigenvalue weighted by Crippen LogP contribution is -2.44. The first-order valence-corrected chi connectivity index (χ1v) is 8.00. The zero-order valence-corrected chi connectivity index (χ0v) is 13.4. The third kappa shape index (κ3) is 3.74. The van der Waals surface area contributed by atoms with Gasteiger partial charge in [0.1, 0.15) is 12.1 Å². The number of hydrogen-bond acceptors (Lipinski definition) is 3. The van der Waals surface area contributed by atoms with Crippen molar-refractivity contribution in [3.05, 3.63) is 58.8 Å². The van der Waals surface area contributed by atoms with Gasteiger partial charge in [0, 0.05) is 36.3 Å². The summed E-state index contributed by atoms with van der Waals surface area (Å²) in [5.41, 5.74) is 1.07. The second kappa shape index (κ2) is 7.15. The van der Waals surface area contributed by atoms with Crippen LogP contribution in [-0.2, 0) is 6.54 Å². The predicted octanol–water partition coefficient (Wildman–Crippen LogP) is 3.47. The normalized spacial score (nSPS) is 15.8. The molecule has 2 heterocycles. The summed E-state index contributed by atoms with van der Waals surface area (Å²) in [7, 11) is 0. The molecule has 1 aromatic carbocycles. The molecule has 0 radical (unpaired) electrons. The summed E-state index contributed by atoms with van der Waals surface area (Å²) in [5, 5.41) is 3.77. The van der Waals surface area contributed by atoms with Crippen molar-refractivity contribution in [1.29, 1.82) is 0 Å². The standard InChI is InChI=1S/C17H18ClFN2O2/c18-15-2-1-3-16(19)14(15)10-20-13-4-7-21(8-5-13)17(22)12-6-9-23-11-12/h1-3,6,9,11,13,20H,4-5,7-8,10H2. The zero-order chi connectivity index (χ0) is 16.2. The van der Waals surface area contributed by atoms with Gasteiger partial charge in [0.15, 0.2) is 0 Å². The maximum atomic E-state index is 13.7. The molecule has 2 aromatic rings. The van der Waals surface area contributed by atoms with Crippen LogP contribution in [0.1, 0.15) is 28.8 Å². The lowest BCUT2D eigenvalue weighted by atomic mass is 10.0. The van der Waals surface area contributed by atoms with Gasteiger partial charge in [-0.25, -0.2) is 4.39 Å². The van der Waals surface area contributed by atoms with Crippen LogP contribution in [0.15, 0.2) is 41.2 Å². The smallest absolute Gasteiger partial charge is 0.257 e. The number of nitrogens with zero attached hydrogens (tertiary/aromatic N) is 1. The summed E-state index contributed by atoms with van der Waals surface area (Å²) < 4.78 is 18.7. The van der Waals surface area contributed by atoms with Crippen molar-refractivity contribution in [3.8, 4) is 0 Å². The quantitative estimate of drug-likeness (QED) is 0.930. The van der Waals surface area contributed by atoms with Gasteiger partial charge >= 0.3 is 0 Å². The van der Waals surface area contributed by atoms with E-state index in [0.29, 0.717) is 35.8 Å². The molecule has 3 rings (SSSR count). The van der Waals surface area contributed by atoms with E-state index >= 15 is 0 Å². The first kappa shape index (κ1) is 16.0. The van der Waals surface area contributed by atoms with Crippen molar-refractivity contribution < 1.29 is 13.6 Å². The minimum atomic E-state index is -0.294. The summed E-state index contributed by atoms with van der Waals surface area (Å²) in [6, 6.07) is 6.62. The molecule has 1 N–H and O–H groups in total. The molecule has 1 amide bonds. The monoisotopic (exact) mass is 336 g/mol. The second-order valence-corrected chi connectivity index (χ2v) is 6.07. The molecule has 0 aliphatic carbocycles. The Morgan fingerprint density at radius 2 is 2.13 bits per heavy atom. The number of likely N-dealkylation sites (tertiary alicyclic amines) is 1.